The molecule has 0 spiro atoms. The summed E-state index contributed by atoms with van der Waals surface area (Å²) in [4.78, 5) is 25.5. The largest absolute Gasteiger partial charge is 0.444 e. The maximum absolute atomic E-state index is 11.4. The van der Waals surface area contributed by atoms with Gasteiger partial charge in [0.1, 0.15) is 11.7 Å². The molecule has 0 saturated carbocycles. The molecule has 9 heteroatoms. The number of amides is 1. The van der Waals surface area contributed by atoms with Crippen LogP contribution in [0.5, 0.6) is 0 Å². The molecule has 0 aliphatic heterocycles. The summed E-state index contributed by atoms with van der Waals surface area (Å²) >= 11 is 0. The Morgan fingerprint density at radius 1 is 1.50 bits per heavy atom. The predicted octanol–water partition coefficient (Wildman–Crippen LogP) is 1.80. The Morgan fingerprint density at radius 2 is 2.18 bits per heavy atom. The summed E-state index contributed by atoms with van der Waals surface area (Å²) in [5.41, 5.74) is -0.786. The number of nitro groups is 1. The second-order valence-corrected chi connectivity index (χ2v) is 5.32. The van der Waals surface area contributed by atoms with E-state index in [1.54, 1.807) is 26.8 Å². The average molecular weight is 307 g/mol. The normalized spacial score (nSPS) is 10.5. The second kappa shape index (κ2) is 7.21. The SMILES string of the molecule is CC(C)(C)OC(=O)NCCNc1ncc(C#N)cc1[N+](=O)[O-]. The fraction of sp³-hybridized carbons (Fsp3) is 0.462. The molecule has 1 aromatic heterocycles. The Bertz CT molecular complexity index is 603. The summed E-state index contributed by atoms with van der Waals surface area (Å²) in [5.74, 6) is 0.0370. The molecule has 118 valence electrons. The van der Waals surface area contributed by atoms with Gasteiger partial charge in [0.05, 0.1) is 10.5 Å². The molecule has 0 unspecified atom stereocenters. The topological polar surface area (TPSA) is 130 Å². The fourth-order valence-corrected chi connectivity index (χ4v) is 1.45. The molecule has 0 aliphatic carbocycles. The van der Waals surface area contributed by atoms with Crippen LogP contribution in [0.25, 0.3) is 0 Å². The summed E-state index contributed by atoms with van der Waals surface area (Å²) in [6.45, 7) is 5.66. The lowest BCUT2D eigenvalue weighted by Crippen LogP contribution is -2.35. The van der Waals surface area contributed by atoms with Crippen molar-refractivity contribution in [3.05, 3.63) is 27.9 Å². The number of anilines is 1. The van der Waals surface area contributed by atoms with E-state index >= 15 is 0 Å². The van der Waals surface area contributed by atoms with Crippen molar-refractivity contribution in [2.75, 3.05) is 18.4 Å². The van der Waals surface area contributed by atoms with E-state index in [-0.39, 0.29) is 30.2 Å². The number of alkyl carbamates (subject to hydrolysis) is 1. The van der Waals surface area contributed by atoms with E-state index in [9.17, 15) is 14.9 Å². The van der Waals surface area contributed by atoms with Crippen LogP contribution >= 0.6 is 0 Å². The van der Waals surface area contributed by atoms with Crippen molar-refractivity contribution in [3.63, 3.8) is 0 Å². The molecular formula is C13H17N5O4. The molecule has 0 fully saturated rings. The average Bonchev–Trinajstić information content (AvgIpc) is 2.41. The van der Waals surface area contributed by atoms with Crippen LogP contribution in [-0.4, -0.2) is 34.7 Å². The molecule has 0 saturated heterocycles. The first-order valence-corrected chi connectivity index (χ1v) is 6.48. The van der Waals surface area contributed by atoms with Crippen molar-refractivity contribution in [1.82, 2.24) is 10.3 Å². The van der Waals surface area contributed by atoms with E-state index in [2.05, 4.69) is 15.6 Å². The molecule has 0 radical (unpaired) electrons. The van der Waals surface area contributed by atoms with Crippen LogP contribution in [0, 0.1) is 21.4 Å². The predicted molar refractivity (Wildman–Crippen MR) is 78.3 cm³/mol. The lowest BCUT2D eigenvalue weighted by Gasteiger charge is -2.19. The van der Waals surface area contributed by atoms with Crippen LogP contribution in [0.3, 0.4) is 0 Å². The smallest absolute Gasteiger partial charge is 0.407 e. The summed E-state index contributed by atoms with van der Waals surface area (Å²) in [5, 5.41) is 24.9. The van der Waals surface area contributed by atoms with E-state index < -0.39 is 16.6 Å². The minimum Gasteiger partial charge on any atom is -0.444 e. The Hall–Kier alpha value is -2.89. The lowest BCUT2D eigenvalue weighted by molar-refractivity contribution is -0.384. The number of carbonyl (C=O) groups is 1. The zero-order valence-electron chi connectivity index (χ0n) is 12.5. The van der Waals surface area contributed by atoms with E-state index in [0.29, 0.717) is 0 Å². The highest BCUT2D eigenvalue weighted by Crippen LogP contribution is 2.21. The van der Waals surface area contributed by atoms with E-state index in [0.717, 1.165) is 6.07 Å². The fourth-order valence-electron chi connectivity index (χ4n) is 1.45. The first kappa shape index (κ1) is 17.2. The van der Waals surface area contributed by atoms with Crippen LogP contribution in [-0.2, 0) is 4.74 Å². The van der Waals surface area contributed by atoms with Gasteiger partial charge in [-0.05, 0) is 20.8 Å². The van der Waals surface area contributed by atoms with Gasteiger partial charge in [-0.25, -0.2) is 9.78 Å². The maximum Gasteiger partial charge on any atom is 0.407 e. The quantitative estimate of drug-likeness (QED) is 0.481. The zero-order valence-corrected chi connectivity index (χ0v) is 12.5. The van der Waals surface area contributed by atoms with Crippen molar-refractivity contribution in [2.24, 2.45) is 0 Å². The number of carbonyl (C=O) groups excluding carboxylic acids is 1. The number of nitriles is 1. The number of nitrogens with one attached hydrogen (secondary N) is 2. The third-order valence-electron chi connectivity index (χ3n) is 2.28. The Labute approximate surface area is 127 Å². The van der Waals surface area contributed by atoms with Crippen molar-refractivity contribution >= 4 is 17.6 Å². The van der Waals surface area contributed by atoms with Crippen molar-refractivity contribution in [1.29, 1.82) is 5.26 Å². The number of nitrogens with zero attached hydrogens (tertiary/aromatic N) is 3. The van der Waals surface area contributed by atoms with Gasteiger partial charge in [0.25, 0.3) is 0 Å². The number of hydrogen-bond donors (Lipinski definition) is 2. The van der Waals surface area contributed by atoms with Crippen LogP contribution in [0.4, 0.5) is 16.3 Å². The van der Waals surface area contributed by atoms with Gasteiger partial charge in [-0.3, -0.25) is 10.1 Å². The van der Waals surface area contributed by atoms with Gasteiger partial charge < -0.3 is 15.4 Å². The van der Waals surface area contributed by atoms with Crippen LogP contribution < -0.4 is 10.6 Å². The Balaban J connectivity index is 2.54. The van der Waals surface area contributed by atoms with Gasteiger partial charge in [0.2, 0.25) is 5.82 Å². The van der Waals surface area contributed by atoms with Crippen molar-refractivity contribution in [2.45, 2.75) is 26.4 Å². The van der Waals surface area contributed by atoms with Gasteiger partial charge in [0.15, 0.2) is 0 Å². The van der Waals surface area contributed by atoms with E-state index in [1.807, 2.05) is 0 Å². The summed E-state index contributed by atoms with van der Waals surface area (Å²) < 4.78 is 5.04. The third kappa shape index (κ3) is 5.62. The Morgan fingerprint density at radius 3 is 2.73 bits per heavy atom. The van der Waals surface area contributed by atoms with E-state index in [1.165, 1.54) is 6.20 Å². The van der Waals surface area contributed by atoms with Crippen molar-refractivity contribution < 1.29 is 14.5 Å². The minimum atomic E-state index is -0.628. The van der Waals surface area contributed by atoms with Gasteiger partial charge >= 0.3 is 11.8 Å². The first-order valence-electron chi connectivity index (χ1n) is 6.48. The summed E-state index contributed by atoms with van der Waals surface area (Å²) in [7, 11) is 0. The third-order valence-corrected chi connectivity index (χ3v) is 2.28. The lowest BCUT2D eigenvalue weighted by atomic mass is 10.2. The highest BCUT2D eigenvalue weighted by molar-refractivity contribution is 5.67. The van der Waals surface area contributed by atoms with Crippen LogP contribution in [0.2, 0.25) is 0 Å². The minimum absolute atomic E-state index is 0.0370. The molecule has 1 amide bonds. The molecule has 0 aromatic carbocycles. The van der Waals surface area contributed by atoms with Crippen LogP contribution in [0.1, 0.15) is 26.3 Å². The zero-order chi connectivity index (χ0) is 16.8. The number of pyridine rings is 1. The molecule has 9 nitrogen and oxygen atoms in total. The molecule has 0 atom stereocenters. The highest BCUT2D eigenvalue weighted by atomic mass is 16.6. The molecule has 2 N–H and O–H groups in total. The standard InChI is InChI=1S/C13H17N5O4/c1-13(2,3)22-12(19)16-5-4-15-11-10(18(20)21)6-9(7-14)8-17-11/h6,8H,4-5H2,1-3H3,(H,15,17)(H,16,19). The Kier molecular flexibility index (Phi) is 5.63. The highest BCUT2D eigenvalue weighted by Gasteiger charge is 2.17. The van der Waals surface area contributed by atoms with Gasteiger partial charge in [-0.1, -0.05) is 0 Å². The molecule has 1 aromatic rings. The molecular weight excluding hydrogens is 290 g/mol. The monoisotopic (exact) mass is 307 g/mol. The van der Waals surface area contributed by atoms with Crippen LogP contribution in [0.15, 0.2) is 12.3 Å². The summed E-state index contributed by atoms with van der Waals surface area (Å²) in [6, 6.07) is 2.92. The first-order chi connectivity index (χ1) is 10.2. The summed E-state index contributed by atoms with van der Waals surface area (Å²) in [6.07, 6.45) is 0.660. The molecule has 0 bridgehead atoms. The van der Waals surface area contributed by atoms with Gasteiger partial charge in [0, 0.05) is 25.4 Å². The van der Waals surface area contributed by atoms with Crippen molar-refractivity contribution in [3.8, 4) is 6.07 Å². The second-order valence-electron chi connectivity index (χ2n) is 5.32. The van der Waals surface area contributed by atoms with E-state index in [4.69, 9.17) is 10.00 Å². The van der Waals surface area contributed by atoms with Gasteiger partial charge in [-0.15, -0.1) is 0 Å². The number of ether oxygens (including phenoxy) is 1. The van der Waals surface area contributed by atoms with Gasteiger partial charge in [-0.2, -0.15) is 5.26 Å². The maximum atomic E-state index is 11.4. The molecule has 1 heterocycles. The molecule has 22 heavy (non-hydrogen) atoms. The number of rotatable bonds is 5. The number of hydrogen-bond acceptors (Lipinski definition) is 7. The number of aromatic nitrogens is 1. The molecule has 1 rings (SSSR count). The molecule has 0 aliphatic rings.